The van der Waals surface area contributed by atoms with Gasteiger partial charge in [-0.3, -0.25) is 9.88 Å². The van der Waals surface area contributed by atoms with E-state index in [-0.39, 0.29) is 11.6 Å². The number of fused-ring (bicyclic) bond motifs is 1. The number of amides is 2. The van der Waals surface area contributed by atoms with Crippen LogP contribution in [0.1, 0.15) is 36.5 Å². The van der Waals surface area contributed by atoms with Gasteiger partial charge in [-0.1, -0.05) is 37.3 Å². The van der Waals surface area contributed by atoms with Crippen molar-refractivity contribution in [3.8, 4) is 11.1 Å². The summed E-state index contributed by atoms with van der Waals surface area (Å²) in [7, 11) is -3.85. The third kappa shape index (κ3) is 6.47. The number of carbonyl (C=O) groups excluding carboxylic acids is 1. The highest BCUT2D eigenvalue weighted by atomic mass is 32.2. The largest absolute Gasteiger partial charge is 0.332 e. The highest BCUT2D eigenvalue weighted by Crippen LogP contribution is 2.39. The maximum atomic E-state index is 14.8. The van der Waals surface area contributed by atoms with E-state index < -0.39 is 16.1 Å². The molecule has 36 heavy (non-hydrogen) atoms. The highest BCUT2D eigenvalue weighted by Gasteiger charge is 2.25. The van der Waals surface area contributed by atoms with Gasteiger partial charge in [-0.05, 0) is 79.2 Å². The molecule has 1 aliphatic rings. The summed E-state index contributed by atoms with van der Waals surface area (Å²) < 4.78 is 42.2. The van der Waals surface area contributed by atoms with E-state index in [2.05, 4.69) is 19.9 Å². The van der Waals surface area contributed by atoms with Crippen LogP contribution in [0.25, 0.3) is 11.1 Å². The second-order valence-electron chi connectivity index (χ2n) is 8.91. The molecule has 0 saturated heterocycles. The van der Waals surface area contributed by atoms with Crippen molar-refractivity contribution >= 4 is 21.7 Å². The molecule has 0 bridgehead atoms. The molecule has 0 spiro atoms. The lowest BCUT2D eigenvalue weighted by atomic mass is 9.97. The van der Waals surface area contributed by atoms with Crippen molar-refractivity contribution in [2.75, 3.05) is 24.2 Å². The van der Waals surface area contributed by atoms with Crippen LogP contribution < -0.4 is 10.0 Å². The number of hydrogen-bond donors (Lipinski definition) is 2. The number of benzene rings is 2. The maximum Gasteiger partial charge on any atom is 0.332 e. The molecule has 0 radical (unpaired) electrons. The van der Waals surface area contributed by atoms with E-state index in [4.69, 9.17) is 0 Å². The smallest absolute Gasteiger partial charge is 0.306 e. The predicted octanol–water partition coefficient (Wildman–Crippen LogP) is 4.74. The van der Waals surface area contributed by atoms with Crippen molar-refractivity contribution in [3.05, 3.63) is 83.4 Å². The zero-order valence-electron chi connectivity index (χ0n) is 20.3. The quantitative estimate of drug-likeness (QED) is 0.411. The average Bonchev–Trinajstić information content (AvgIpc) is 3.37. The summed E-state index contributed by atoms with van der Waals surface area (Å²) in [5.74, 6) is -0.492. The van der Waals surface area contributed by atoms with Crippen molar-refractivity contribution < 1.29 is 17.6 Å². The Labute approximate surface area is 211 Å². The highest BCUT2D eigenvalue weighted by molar-refractivity contribution is 7.90. The van der Waals surface area contributed by atoms with E-state index in [1.54, 1.807) is 24.5 Å². The molecule has 9 heteroatoms. The molecule has 2 aromatic carbocycles. The normalized spacial score (nSPS) is 13.0. The van der Waals surface area contributed by atoms with Crippen LogP contribution in [-0.4, -0.2) is 43.2 Å². The lowest BCUT2D eigenvalue weighted by molar-refractivity contribution is 0.256. The van der Waals surface area contributed by atoms with Crippen molar-refractivity contribution in [1.82, 2.24) is 14.6 Å². The number of nitrogens with zero attached hydrogens (tertiary/aromatic N) is 2. The van der Waals surface area contributed by atoms with Gasteiger partial charge in [-0.25, -0.2) is 22.3 Å². The molecule has 4 rings (SSSR count). The van der Waals surface area contributed by atoms with Crippen LogP contribution in [0.15, 0.2) is 60.9 Å². The van der Waals surface area contributed by atoms with Gasteiger partial charge in [0.25, 0.3) is 0 Å². The molecule has 0 fully saturated rings. The van der Waals surface area contributed by atoms with Crippen LogP contribution in [0.5, 0.6) is 0 Å². The fourth-order valence-corrected chi connectivity index (χ4v) is 5.58. The van der Waals surface area contributed by atoms with E-state index >= 15 is 0 Å². The van der Waals surface area contributed by atoms with Crippen LogP contribution in [0.2, 0.25) is 0 Å². The SMILES string of the molecule is CCN(CCCS(=O)(=O)NC(=O)Nc1c(-c2ccncc2)cc(F)c2c1CCC2)Cc1ccccc1. The Morgan fingerprint density at radius 1 is 1.08 bits per heavy atom. The van der Waals surface area contributed by atoms with E-state index in [9.17, 15) is 17.6 Å². The molecular formula is C27H31FN4O3S. The number of rotatable bonds is 10. The Bertz CT molecular complexity index is 1300. The number of aromatic nitrogens is 1. The number of urea groups is 1. The lowest BCUT2D eigenvalue weighted by Crippen LogP contribution is -2.37. The zero-order chi connectivity index (χ0) is 25.5. The molecule has 2 N–H and O–H groups in total. The molecule has 0 atom stereocenters. The van der Waals surface area contributed by atoms with Crippen LogP contribution in [0, 0.1) is 5.82 Å². The summed E-state index contributed by atoms with van der Waals surface area (Å²) in [6.45, 7) is 4.14. The number of carbonyl (C=O) groups is 1. The summed E-state index contributed by atoms with van der Waals surface area (Å²) in [5, 5.41) is 2.71. The van der Waals surface area contributed by atoms with Gasteiger partial charge in [0, 0.05) is 24.5 Å². The topological polar surface area (TPSA) is 91.4 Å². The maximum absolute atomic E-state index is 14.8. The molecule has 0 unspecified atom stereocenters. The minimum atomic E-state index is -3.85. The van der Waals surface area contributed by atoms with Gasteiger partial charge >= 0.3 is 6.03 Å². The molecule has 7 nitrogen and oxygen atoms in total. The first-order valence-corrected chi connectivity index (χ1v) is 13.8. The molecule has 0 saturated carbocycles. The number of pyridine rings is 1. The zero-order valence-corrected chi connectivity index (χ0v) is 21.2. The van der Waals surface area contributed by atoms with Gasteiger partial charge < -0.3 is 5.32 Å². The first-order chi connectivity index (χ1) is 17.4. The molecular weight excluding hydrogens is 479 g/mol. The Kier molecular flexibility index (Phi) is 8.32. The van der Waals surface area contributed by atoms with Gasteiger partial charge in [0.1, 0.15) is 5.82 Å². The predicted molar refractivity (Wildman–Crippen MR) is 140 cm³/mol. The number of sulfonamides is 1. The first-order valence-electron chi connectivity index (χ1n) is 12.2. The van der Waals surface area contributed by atoms with Crippen molar-refractivity contribution in [1.29, 1.82) is 0 Å². The molecule has 3 aromatic rings. The van der Waals surface area contributed by atoms with Crippen LogP contribution in [-0.2, 0) is 29.4 Å². The Morgan fingerprint density at radius 3 is 2.53 bits per heavy atom. The van der Waals surface area contributed by atoms with E-state index in [1.165, 1.54) is 6.07 Å². The molecule has 1 aliphatic carbocycles. The van der Waals surface area contributed by atoms with E-state index in [0.717, 1.165) is 25.1 Å². The van der Waals surface area contributed by atoms with Crippen molar-refractivity contribution in [3.63, 3.8) is 0 Å². The summed E-state index contributed by atoms with van der Waals surface area (Å²) in [4.78, 5) is 18.9. The minimum Gasteiger partial charge on any atom is -0.306 e. The fourth-order valence-electron chi connectivity index (χ4n) is 4.63. The van der Waals surface area contributed by atoms with Crippen molar-refractivity contribution in [2.24, 2.45) is 0 Å². The van der Waals surface area contributed by atoms with Gasteiger partial charge in [0.2, 0.25) is 10.0 Å². The number of halogens is 1. The summed E-state index contributed by atoms with van der Waals surface area (Å²) >= 11 is 0. The monoisotopic (exact) mass is 510 g/mol. The first kappa shape index (κ1) is 25.8. The third-order valence-electron chi connectivity index (χ3n) is 6.41. The average molecular weight is 511 g/mol. The van der Waals surface area contributed by atoms with Crippen molar-refractivity contribution in [2.45, 2.75) is 39.2 Å². The molecule has 2 amide bonds. The fraction of sp³-hybridized carbons (Fsp3) is 0.333. The van der Waals surface area contributed by atoms with E-state index in [1.807, 2.05) is 37.3 Å². The minimum absolute atomic E-state index is 0.176. The second kappa shape index (κ2) is 11.6. The molecule has 1 heterocycles. The Morgan fingerprint density at radius 2 is 1.81 bits per heavy atom. The summed E-state index contributed by atoms with van der Waals surface area (Å²) in [6.07, 6.45) is 5.54. The van der Waals surface area contributed by atoms with Gasteiger partial charge in [-0.15, -0.1) is 0 Å². The molecule has 0 aliphatic heterocycles. The second-order valence-corrected chi connectivity index (χ2v) is 10.8. The van der Waals surface area contributed by atoms with Crippen LogP contribution >= 0.6 is 0 Å². The third-order valence-corrected chi connectivity index (χ3v) is 7.73. The summed E-state index contributed by atoms with van der Waals surface area (Å²) in [5.41, 5.74) is 4.09. The Balaban J connectivity index is 1.41. The number of anilines is 1. The Hall–Kier alpha value is -3.30. The molecule has 1 aromatic heterocycles. The van der Waals surface area contributed by atoms with E-state index in [0.29, 0.717) is 53.7 Å². The standard InChI is InChI=1S/C27H31FN4O3S/c1-2-32(19-20-8-4-3-5-9-20)16-7-17-36(34,35)31-27(33)30-26-23-11-6-10-22(23)25(28)18-24(26)21-12-14-29-15-13-21/h3-5,8-9,12-15,18H,2,6-7,10-11,16-17,19H2,1H3,(H2,30,31,33). The summed E-state index contributed by atoms with van der Waals surface area (Å²) in [6, 6.07) is 14.0. The number of nitrogens with one attached hydrogen (secondary N) is 2. The van der Waals surface area contributed by atoms with Crippen LogP contribution in [0.3, 0.4) is 0 Å². The van der Waals surface area contributed by atoms with Gasteiger partial charge in [0.05, 0.1) is 11.4 Å². The lowest BCUT2D eigenvalue weighted by Gasteiger charge is -2.20. The molecule has 190 valence electrons. The van der Waals surface area contributed by atoms with Gasteiger partial charge in [0.15, 0.2) is 0 Å². The van der Waals surface area contributed by atoms with Crippen LogP contribution in [0.4, 0.5) is 14.9 Å². The number of hydrogen-bond acceptors (Lipinski definition) is 5. The van der Waals surface area contributed by atoms with Gasteiger partial charge in [-0.2, -0.15) is 0 Å².